The van der Waals surface area contributed by atoms with Crippen LogP contribution in [0, 0.1) is 5.92 Å². The van der Waals surface area contributed by atoms with Crippen LogP contribution in [0.1, 0.15) is 44.0 Å². The molecule has 0 radical (unpaired) electrons. The minimum Gasteiger partial charge on any atom is -0.345 e. The summed E-state index contributed by atoms with van der Waals surface area (Å²) in [6, 6.07) is 6.18. The van der Waals surface area contributed by atoms with Gasteiger partial charge in [-0.1, -0.05) is 19.9 Å². The molecule has 24 heavy (non-hydrogen) atoms. The number of nitrogens with one attached hydrogen (secondary N) is 1. The second-order valence-corrected chi connectivity index (χ2v) is 8.41. The summed E-state index contributed by atoms with van der Waals surface area (Å²) in [7, 11) is -3.58. The number of amides is 1. The normalized spacial score (nSPS) is 17.5. The lowest BCUT2D eigenvalue weighted by Crippen LogP contribution is -2.53. The van der Waals surface area contributed by atoms with Crippen molar-refractivity contribution in [3.05, 3.63) is 29.8 Å². The van der Waals surface area contributed by atoms with E-state index in [0.29, 0.717) is 31.1 Å². The lowest BCUT2D eigenvalue weighted by atomic mass is 9.95. The molecule has 1 aliphatic carbocycles. The average Bonchev–Trinajstić information content (AvgIpc) is 3.41. The van der Waals surface area contributed by atoms with Crippen LogP contribution in [0.3, 0.4) is 0 Å². The Morgan fingerprint density at radius 1 is 1.33 bits per heavy atom. The van der Waals surface area contributed by atoms with E-state index in [1.165, 1.54) is 16.4 Å². The highest BCUT2D eigenvalue weighted by Gasteiger charge is 2.41. The first-order valence-electron chi connectivity index (χ1n) is 8.41. The summed E-state index contributed by atoms with van der Waals surface area (Å²) < 4.78 is 26.6. The maximum absolute atomic E-state index is 12.6. The zero-order valence-corrected chi connectivity index (χ0v) is 15.4. The number of benzene rings is 1. The van der Waals surface area contributed by atoms with Crippen molar-refractivity contribution >= 4 is 15.9 Å². The summed E-state index contributed by atoms with van der Waals surface area (Å²) in [5.74, 6) is 0.112. The van der Waals surface area contributed by atoms with E-state index in [-0.39, 0.29) is 10.8 Å². The number of hydrogen-bond donors (Lipinski definition) is 2. The van der Waals surface area contributed by atoms with E-state index in [9.17, 15) is 13.2 Å². The molecule has 2 rings (SSSR count). The number of nitrogens with two attached hydrogens (primary N) is 1. The van der Waals surface area contributed by atoms with Gasteiger partial charge in [0, 0.05) is 25.2 Å². The molecule has 1 amide bonds. The van der Waals surface area contributed by atoms with Crippen molar-refractivity contribution < 1.29 is 13.2 Å². The maximum atomic E-state index is 12.6. The third kappa shape index (κ3) is 3.79. The van der Waals surface area contributed by atoms with Crippen molar-refractivity contribution in [2.75, 3.05) is 19.6 Å². The Kier molecular flexibility index (Phi) is 5.67. The number of rotatable bonds is 8. The SMILES string of the molecule is CCN(CC)S(=O)(=O)c1cccc(C(=O)NC(C)(CN)C2CC2)c1. The summed E-state index contributed by atoms with van der Waals surface area (Å²) in [5, 5.41) is 2.98. The van der Waals surface area contributed by atoms with E-state index in [0.717, 1.165) is 12.8 Å². The summed E-state index contributed by atoms with van der Waals surface area (Å²) in [6.07, 6.45) is 2.12. The fraction of sp³-hybridized carbons (Fsp3) is 0.588. The van der Waals surface area contributed by atoms with Gasteiger partial charge in [-0.3, -0.25) is 4.79 Å². The fourth-order valence-electron chi connectivity index (χ4n) is 2.88. The Labute approximate surface area is 144 Å². The molecule has 0 saturated heterocycles. The molecule has 1 unspecified atom stereocenters. The van der Waals surface area contributed by atoms with Gasteiger partial charge >= 0.3 is 0 Å². The molecule has 1 saturated carbocycles. The third-order valence-corrected chi connectivity index (χ3v) is 6.79. The van der Waals surface area contributed by atoms with Crippen molar-refractivity contribution in [2.24, 2.45) is 11.7 Å². The molecule has 134 valence electrons. The Hall–Kier alpha value is -1.44. The van der Waals surface area contributed by atoms with Crippen LogP contribution in [0.2, 0.25) is 0 Å². The highest BCUT2D eigenvalue weighted by atomic mass is 32.2. The number of sulfonamides is 1. The molecule has 1 atom stereocenters. The van der Waals surface area contributed by atoms with Gasteiger partial charge in [0.15, 0.2) is 0 Å². The highest BCUT2D eigenvalue weighted by Crippen LogP contribution is 2.39. The number of hydrogen-bond acceptors (Lipinski definition) is 4. The van der Waals surface area contributed by atoms with Crippen LogP contribution < -0.4 is 11.1 Å². The van der Waals surface area contributed by atoms with Gasteiger partial charge in [0.25, 0.3) is 5.91 Å². The van der Waals surface area contributed by atoms with Crippen LogP contribution in [0.15, 0.2) is 29.2 Å². The minimum absolute atomic E-state index is 0.139. The Morgan fingerprint density at radius 2 is 1.96 bits per heavy atom. The van der Waals surface area contributed by atoms with Crippen LogP contribution >= 0.6 is 0 Å². The van der Waals surface area contributed by atoms with Gasteiger partial charge in [0.2, 0.25) is 10.0 Å². The fourth-order valence-corrected chi connectivity index (χ4v) is 4.39. The topological polar surface area (TPSA) is 92.5 Å². The lowest BCUT2D eigenvalue weighted by molar-refractivity contribution is 0.0897. The molecule has 1 aromatic rings. The Bertz CT molecular complexity index is 697. The van der Waals surface area contributed by atoms with Gasteiger partial charge < -0.3 is 11.1 Å². The summed E-state index contributed by atoms with van der Waals surface area (Å²) in [6.45, 7) is 6.67. The van der Waals surface area contributed by atoms with Crippen LogP contribution in [0.5, 0.6) is 0 Å². The van der Waals surface area contributed by atoms with Crippen LogP contribution in [0.25, 0.3) is 0 Å². The lowest BCUT2D eigenvalue weighted by Gasteiger charge is -2.29. The van der Waals surface area contributed by atoms with Gasteiger partial charge in [-0.05, 0) is 43.9 Å². The minimum atomic E-state index is -3.58. The molecule has 6 nitrogen and oxygen atoms in total. The van der Waals surface area contributed by atoms with Crippen molar-refractivity contribution in [3.8, 4) is 0 Å². The zero-order valence-electron chi connectivity index (χ0n) is 14.6. The molecule has 0 heterocycles. The van der Waals surface area contributed by atoms with E-state index in [1.807, 2.05) is 6.92 Å². The Balaban J connectivity index is 2.25. The molecular weight excluding hydrogens is 326 g/mol. The standard InChI is InChI=1S/C17H27N3O3S/c1-4-20(5-2)24(22,23)15-8-6-7-13(11-15)16(21)19-17(3,12-18)14-9-10-14/h6-8,11,14H,4-5,9-10,12,18H2,1-3H3,(H,19,21). The van der Waals surface area contributed by atoms with Crippen molar-refractivity contribution in [3.63, 3.8) is 0 Å². The molecule has 1 fully saturated rings. The van der Waals surface area contributed by atoms with E-state index < -0.39 is 15.6 Å². The first-order chi connectivity index (χ1) is 11.3. The molecule has 1 aliphatic rings. The van der Waals surface area contributed by atoms with Crippen molar-refractivity contribution in [2.45, 2.75) is 44.0 Å². The molecule has 1 aromatic carbocycles. The summed E-state index contributed by atoms with van der Waals surface area (Å²) in [4.78, 5) is 12.7. The van der Waals surface area contributed by atoms with E-state index in [2.05, 4.69) is 5.32 Å². The number of nitrogens with zero attached hydrogens (tertiary/aromatic N) is 1. The molecule has 0 aromatic heterocycles. The van der Waals surface area contributed by atoms with Crippen molar-refractivity contribution in [1.29, 1.82) is 0 Å². The molecule has 0 bridgehead atoms. The molecule has 3 N–H and O–H groups in total. The van der Waals surface area contributed by atoms with Crippen LogP contribution in [-0.4, -0.2) is 43.8 Å². The molecule has 0 aliphatic heterocycles. The second kappa shape index (κ2) is 7.21. The predicted octanol–water partition coefficient (Wildman–Crippen LogP) is 1.57. The van der Waals surface area contributed by atoms with E-state index in [4.69, 9.17) is 5.73 Å². The first-order valence-corrected chi connectivity index (χ1v) is 9.85. The van der Waals surface area contributed by atoms with Crippen LogP contribution in [-0.2, 0) is 10.0 Å². The van der Waals surface area contributed by atoms with Gasteiger partial charge in [-0.2, -0.15) is 4.31 Å². The second-order valence-electron chi connectivity index (χ2n) is 6.47. The summed E-state index contributed by atoms with van der Waals surface area (Å²) in [5.41, 5.74) is 5.73. The monoisotopic (exact) mass is 353 g/mol. The smallest absolute Gasteiger partial charge is 0.251 e. The molecule has 0 spiro atoms. The highest BCUT2D eigenvalue weighted by molar-refractivity contribution is 7.89. The molecular formula is C17H27N3O3S. The predicted molar refractivity (Wildman–Crippen MR) is 94.2 cm³/mol. The number of carbonyl (C=O) groups excluding carboxylic acids is 1. The van der Waals surface area contributed by atoms with Gasteiger partial charge in [-0.15, -0.1) is 0 Å². The first kappa shape index (κ1) is 18.9. The average molecular weight is 353 g/mol. The maximum Gasteiger partial charge on any atom is 0.251 e. The zero-order chi connectivity index (χ0) is 18.0. The summed E-state index contributed by atoms with van der Waals surface area (Å²) >= 11 is 0. The largest absolute Gasteiger partial charge is 0.345 e. The van der Waals surface area contributed by atoms with E-state index >= 15 is 0 Å². The quantitative estimate of drug-likeness (QED) is 0.742. The third-order valence-electron chi connectivity index (χ3n) is 4.74. The van der Waals surface area contributed by atoms with Crippen molar-refractivity contribution in [1.82, 2.24) is 9.62 Å². The Morgan fingerprint density at radius 3 is 2.46 bits per heavy atom. The van der Waals surface area contributed by atoms with Crippen LogP contribution in [0.4, 0.5) is 0 Å². The van der Waals surface area contributed by atoms with E-state index in [1.54, 1.807) is 26.0 Å². The van der Waals surface area contributed by atoms with Gasteiger partial charge in [0.05, 0.1) is 10.4 Å². The number of carbonyl (C=O) groups is 1. The van der Waals surface area contributed by atoms with Gasteiger partial charge in [0.1, 0.15) is 0 Å². The van der Waals surface area contributed by atoms with Gasteiger partial charge in [-0.25, -0.2) is 8.42 Å². The molecule has 7 heteroatoms.